The molecule has 0 aliphatic rings. The second kappa shape index (κ2) is 24.0. The van der Waals surface area contributed by atoms with E-state index >= 15 is 0 Å². The quantitative estimate of drug-likeness (QED) is 0.120. The van der Waals surface area contributed by atoms with Crippen LogP contribution in [0, 0.1) is 0 Å². The van der Waals surface area contributed by atoms with Gasteiger partial charge in [0.05, 0.1) is 12.7 Å². The number of amides is 1. The molecule has 0 rings (SSSR count). The van der Waals surface area contributed by atoms with Gasteiger partial charge in [-0.15, -0.1) is 0 Å². The molecule has 1 atom stereocenters. The van der Waals surface area contributed by atoms with Crippen LogP contribution in [-0.4, -0.2) is 47.7 Å². The van der Waals surface area contributed by atoms with Gasteiger partial charge in [-0.05, 0) is 38.5 Å². The van der Waals surface area contributed by atoms with Crippen molar-refractivity contribution in [1.29, 1.82) is 0 Å². The van der Waals surface area contributed by atoms with E-state index in [4.69, 9.17) is 4.74 Å². The molecule has 0 aromatic carbocycles. The SMILES string of the molecule is CCCCCCCCCCOC(=O)CCCCCCN(CCCC(O)CCCCC)C(C)=O. The maximum absolute atomic E-state index is 11.9. The van der Waals surface area contributed by atoms with Gasteiger partial charge in [0.15, 0.2) is 0 Å². The zero-order valence-electron chi connectivity index (χ0n) is 22.3. The normalized spacial score (nSPS) is 12.0. The van der Waals surface area contributed by atoms with Crippen molar-refractivity contribution in [2.75, 3.05) is 19.7 Å². The van der Waals surface area contributed by atoms with Gasteiger partial charge in [-0.2, -0.15) is 0 Å². The lowest BCUT2D eigenvalue weighted by Gasteiger charge is -2.21. The molecule has 5 heteroatoms. The highest BCUT2D eigenvalue weighted by molar-refractivity contribution is 5.73. The molecule has 0 bridgehead atoms. The van der Waals surface area contributed by atoms with E-state index in [1.54, 1.807) is 6.92 Å². The van der Waals surface area contributed by atoms with Crippen LogP contribution in [0.25, 0.3) is 0 Å². The largest absolute Gasteiger partial charge is 0.466 e. The predicted octanol–water partition coefficient (Wildman–Crippen LogP) is 7.19. The third-order valence-corrected chi connectivity index (χ3v) is 6.37. The van der Waals surface area contributed by atoms with Crippen molar-refractivity contribution >= 4 is 11.9 Å². The highest BCUT2D eigenvalue weighted by Crippen LogP contribution is 2.11. The van der Waals surface area contributed by atoms with E-state index in [2.05, 4.69) is 13.8 Å². The maximum atomic E-state index is 11.9. The molecule has 196 valence electrons. The molecular weight excluding hydrogens is 414 g/mol. The molecule has 0 heterocycles. The van der Waals surface area contributed by atoms with Crippen LogP contribution in [0.4, 0.5) is 0 Å². The first kappa shape index (κ1) is 31.9. The fourth-order valence-corrected chi connectivity index (χ4v) is 4.14. The minimum absolute atomic E-state index is 0.0687. The zero-order chi connectivity index (χ0) is 24.6. The smallest absolute Gasteiger partial charge is 0.305 e. The first-order valence-corrected chi connectivity index (χ1v) is 14.1. The van der Waals surface area contributed by atoms with Gasteiger partial charge in [0.1, 0.15) is 0 Å². The van der Waals surface area contributed by atoms with E-state index in [9.17, 15) is 14.7 Å². The fraction of sp³-hybridized carbons (Fsp3) is 0.929. The summed E-state index contributed by atoms with van der Waals surface area (Å²) in [7, 11) is 0. The number of hydrogen-bond acceptors (Lipinski definition) is 4. The highest BCUT2D eigenvalue weighted by Gasteiger charge is 2.10. The summed E-state index contributed by atoms with van der Waals surface area (Å²) >= 11 is 0. The van der Waals surface area contributed by atoms with Crippen molar-refractivity contribution in [3.8, 4) is 0 Å². The molecule has 1 unspecified atom stereocenters. The first-order chi connectivity index (χ1) is 16.0. The van der Waals surface area contributed by atoms with Crippen LogP contribution < -0.4 is 0 Å². The van der Waals surface area contributed by atoms with Gasteiger partial charge >= 0.3 is 5.97 Å². The number of carbonyl (C=O) groups excluding carboxylic acids is 2. The number of aliphatic hydroxyl groups is 1. The van der Waals surface area contributed by atoms with E-state index in [0.29, 0.717) is 13.0 Å². The van der Waals surface area contributed by atoms with Crippen LogP contribution in [0.1, 0.15) is 143 Å². The van der Waals surface area contributed by atoms with E-state index in [1.165, 1.54) is 51.4 Å². The summed E-state index contributed by atoms with van der Waals surface area (Å²) in [4.78, 5) is 25.6. The lowest BCUT2D eigenvalue weighted by Crippen LogP contribution is -2.31. The van der Waals surface area contributed by atoms with Crippen LogP contribution in [0.15, 0.2) is 0 Å². The Morgan fingerprint density at radius 1 is 0.697 bits per heavy atom. The number of aliphatic hydroxyl groups excluding tert-OH is 1. The molecule has 0 aromatic rings. The molecule has 0 saturated heterocycles. The molecular formula is C28H55NO4. The Balaban J connectivity index is 3.61. The van der Waals surface area contributed by atoms with Crippen LogP contribution >= 0.6 is 0 Å². The van der Waals surface area contributed by atoms with Crippen molar-refractivity contribution in [3.05, 3.63) is 0 Å². The van der Waals surface area contributed by atoms with E-state index in [-0.39, 0.29) is 18.0 Å². The minimum atomic E-state index is -0.235. The summed E-state index contributed by atoms with van der Waals surface area (Å²) in [6, 6.07) is 0. The van der Waals surface area contributed by atoms with Crippen molar-refractivity contribution < 1.29 is 19.4 Å². The molecule has 0 aliphatic heterocycles. The van der Waals surface area contributed by atoms with Gasteiger partial charge in [0.25, 0.3) is 0 Å². The summed E-state index contributed by atoms with van der Waals surface area (Å²) in [5.41, 5.74) is 0. The second-order valence-electron chi connectivity index (χ2n) is 9.66. The fourth-order valence-electron chi connectivity index (χ4n) is 4.14. The summed E-state index contributed by atoms with van der Waals surface area (Å²) in [5, 5.41) is 10.0. The van der Waals surface area contributed by atoms with Crippen LogP contribution in [0.3, 0.4) is 0 Å². The predicted molar refractivity (Wildman–Crippen MR) is 138 cm³/mol. The average Bonchev–Trinajstić information content (AvgIpc) is 2.79. The molecule has 0 aromatic heterocycles. The molecule has 0 aliphatic carbocycles. The van der Waals surface area contributed by atoms with Gasteiger partial charge in [-0.3, -0.25) is 9.59 Å². The Bertz CT molecular complexity index is 455. The number of hydrogen-bond donors (Lipinski definition) is 1. The molecule has 33 heavy (non-hydrogen) atoms. The minimum Gasteiger partial charge on any atom is -0.466 e. The van der Waals surface area contributed by atoms with E-state index < -0.39 is 0 Å². The van der Waals surface area contributed by atoms with Crippen LogP contribution in [0.2, 0.25) is 0 Å². The van der Waals surface area contributed by atoms with Crippen molar-refractivity contribution in [2.45, 2.75) is 149 Å². The molecule has 0 saturated carbocycles. The van der Waals surface area contributed by atoms with Gasteiger partial charge in [0.2, 0.25) is 5.91 Å². The second-order valence-corrected chi connectivity index (χ2v) is 9.66. The summed E-state index contributed by atoms with van der Waals surface area (Å²) in [5.74, 6) is 0.0424. The van der Waals surface area contributed by atoms with Crippen LogP contribution in [-0.2, 0) is 14.3 Å². The Kier molecular flexibility index (Phi) is 23.2. The monoisotopic (exact) mass is 469 g/mol. The van der Waals surface area contributed by atoms with Gasteiger partial charge in [-0.25, -0.2) is 0 Å². The third kappa shape index (κ3) is 22.5. The average molecular weight is 470 g/mol. The number of rotatable bonds is 24. The van der Waals surface area contributed by atoms with Crippen molar-refractivity contribution in [3.63, 3.8) is 0 Å². The molecule has 0 fully saturated rings. The summed E-state index contributed by atoms with van der Waals surface area (Å²) in [6.45, 7) is 8.09. The number of nitrogens with zero attached hydrogens (tertiary/aromatic N) is 1. The van der Waals surface area contributed by atoms with Crippen LogP contribution in [0.5, 0.6) is 0 Å². The number of unbranched alkanes of at least 4 members (excludes halogenated alkanes) is 12. The first-order valence-electron chi connectivity index (χ1n) is 14.1. The van der Waals surface area contributed by atoms with Gasteiger partial charge < -0.3 is 14.7 Å². The molecule has 0 spiro atoms. The summed E-state index contributed by atoms with van der Waals surface area (Å²) < 4.78 is 5.35. The molecule has 0 radical (unpaired) electrons. The Labute approximate surface area is 205 Å². The lowest BCUT2D eigenvalue weighted by molar-refractivity contribution is -0.143. The maximum Gasteiger partial charge on any atom is 0.305 e. The Morgan fingerprint density at radius 3 is 1.88 bits per heavy atom. The molecule has 5 nitrogen and oxygen atoms in total. The Hall–Kier alpha value is -1.10. The zero-order valence-corrected chi connectivity index (χ0v) is 22.3. The van der Waals surface area contributed by atoms with Gasteiger partial charge in [0, 0.05) is 26.4 Å². The van der Waals surface area contributed by atoms with E-state index in [1.807, 2.05) is 4.90 Å². The number of esters is 1. The van der Waals surface area contributed by atoms with E-state index in [0.717, 1.165) is 77.3 Å². The molecule has 1 amide bonds. The number of carbonyl (C=O) groups is 2. The standard InChI is InChI=1S/C28H55NO4/c1-4-6-8-9-10-11-14-18-25-33-28(32)22-16-12-13-17-23-29(26(3)30)24-19-21-27(31)20-15-7-5-2/h27,31H,4-25H2,1-3H3. The van der Waals surface area contributed by atoms with Crippen molar-refractivity contribution in [1.82, 2.24) is 4.90 Å². The van der Waals surface area contributed by atoms with Gasteiger partial charge in [-0.1, -0.05) is 90.9 Å². The van der Waals surface area contributed by atoms with Crippen molar-refractivity contribution in [2.24, 2.45) is 0 Å². The number of ether oxygens (including phenoxy) is 1. The Morgan fingerprint density at radius 2 is 1.21 bits per heavy atom. The topological polar surface area (TPSA) is 66.8 Å². The summed E-state index contributed by atoms with van der Waals surface area (Å²) in [6.07, 6.45) is 20.0. The molecule has 1 N–H and O–H groups in total. The lowest BCUT2D eigenvalue weighted by atomic mass is 10.1. The highest BCUT2D eigenvalue weighted by atomic mass is 16.5. The third-order valence-electron chi connectivity index (χ3n) is 6.37.